The minimum atomic E-state index is -0.342. The van der Waals surface area contributed by atoms with Crippen LogP contribution in [0.2, 0.25) is 0 Å². The second kappa shape index (κ2) is 7.99. The van der Waals surface area contributed by atoms with E-state index in [0.717, 1.165) is 0 Å². The molecule has 0 aliphatic heterocycles. The third kappa shape index (κ3) is 4.74. The molecule has 0 aliphatic carbocycles. The molecule has 22 heavy (non-hydrogen) atoms. The highest BCUT2D eigenvalue weighted by Crippen LogP contribution is 2.07. The lowest BCUT2D eigenvalue weighted by atomic mass is 10.4. The predicted octanol–water partition coefficient (Wildman–Crippen LogP) is 0.617. The molecule has 0 aromatic carbocycles. The molecule has 0 saturated heterocycles. The smallest absolute Gasteiger partial charge is 0.287 e. The van der Waals surface area contributed by atoms with Gasteiger partial charge in [-0.25, -0.2) is 0 Å². The Morgan fingerprint density at radius 3 is 2.50 bits per heavy atom. The highest BCUT2D eigenvalue weighted by atomic mass is 32.1. The van der Waals surface area contributed by atoms with Crippen molar-refractivity contribution in [2.24, 2.45) is 0 Å². The normalized spacial score (nSPS) is 10.0. The Morgan fingerprint density at radius 2 is 1.82 bits per heavy atom. The van der Waals surface area contributed by atoms with E-state index in [0.29, 0.717) is 4.88 Å². The van der Waals surface area contributed by atoms with Gasteiger partial charge in [0.15, 0.2) is 5.76 Å². The van der Waals surface area contributed by atoms with Crippen molar-refractivity contribution < 1.29 is 18.8 Å². The van der Waals surface area contributed by atoms with Gasteiger partial charge in [-0.15, -0.1) is 11.3 Å². The van der Waals surface area contributed by atoms with Crippen LogP contribution in [0.1, 0.15) is 20.2 Å². The molecule has 7 nitrogen and oxygen atoms in total. The summed E-state index contributed by atoms with van der Waals surface area (Å²) in [6, 6.07) is 6.62. The molecule has 0 radical (unpaired) electrons. The second-order valence-electron chi connectivity index (χ2n) is 4.24. The summed E-state index contributed by atoms with van der Waals surface area (Å²) in [5, 5.41) is 9.49. The molecule has 0 atom stereocenters. The van der Waals surface area contributed by atoms with Crippen LogP contribution in [0.4, 0.5) is 0 Å². The van der Waals surface area contributed by atoms with Gasteiger partial charge in [0.05, 0.1) is 17.7 Å². The first-order chi connectivity index (χ1) is 10.7. The zero-order chi connectivity index (χ0) is 15.8. The number of hydrogen-bond acceptors (Lipinski definition) is 5. The van der Waals surface area contributed by atoms with Gasteiger partial charge in [0.25, 0.3) is 11.8 Å². The molecular weight excluding hydrogens is 306 g/mol. The topological polar surface area (TPSA) is 100 Å². The van der Waals surface area contributed by atoms with Gasteiger partial charge in [-0.2, -0.15) is 0 Å². The maximum Gasteiger partial charge on any atom is 0.287 e. The first-order valence-corrected chi connectivity index (χ1v) is 7.45. The Hall–Kier alpha value is -2.61. The van der Waals surface area contributed by atoms with Crippen LogP contribution in [0.5, 0.6) is 0 Å². The van der Waals surface area contributed by atoms with Crippen LogP contribution in [0, 0.1) is 0 Å². The van der Waals surface area contributed by atoms with Crippen molar-refractivity contribution in [3.05, 3.63) is 46.5 Å². The molecule has 2 aromatic heterocycles. The lowest BCUT2D eigenvalue weighted by Crippen LogP contribution is -2.40. The largest absolute Gasteiger partial charge is 0.459 e. The van der Waals surface area contributed by atoms with Gasteiger partial charge < -0.3 is 20.4 Å². The van der Waals surface area contributed by atoms with Crippen LogP contribution in [-0.2, 0) is 4.79 Å². The Morgan fingerprint density at radius 1 is 1.00 bits per heavy atom. The van der Waals surface area contributed by atoms with Crippen molar-refractivity contribution in [3.63, 3.8) is 0 Å². The summed E-state index contributed by atoms with van der Waals surface area (Å²) in [6.45, 7) is 0.424. The molecule has 0 spiro atoms. The van der Waals surface area contributed by atoms with Crippen LogP contribution < -0.4 is 16.0 Å². The average molecular weight is 321 g/mol. The number of carbonyl (C=O) groups excluding carboxylic acids is 3. The molecule has 3 N–H and O–H groups in total. The summed E-state index contributed by atoms with van der Waals surface area (Å²) in [4.78, 5) is 35.2. The van der Waals surface area contributed by atoms with Crippen molar-refractivity contribution in [2.45, 2.75) is 0 Å². The molecule has 0 fully saturated rings. The molecule has 2 rings (SSSR count). The van der Waals surface area contributed by atoms with Gasteiger partial charge in [-0.05, 0) is 23.6 Å². The Labute approximate surface area is 130 Å². The van der Waals surface area contributed by atoms with Gasteiger partial charge in [0, 0.05) is 13.1 Å². The summed E-state index contributed by atoms with van der Waals surface area (Å²) in [5.41, 5.74) is 0. The van der Waals surface area contributed by atoms with E-state index >= 15 is 0 Å². The van der Waals surface area contributed by atoms with Crippen molar-refractivity contribution in [3.8, 4) is 0 Å². The van der Waals surface area contributed by atoms with Crippen LogP contribution >= 0.6 is 11.3 Å². The van der Waals surface area contributed by atoms with Crippen molar-refractivity contribution >= 4 is 29.1 Å². The van der Waals surface area contributed by atoms with Crippen LogP contribution in [0.15, 0.2) is 40.3 Å². The zero-order valence-corrected chi connectivity index (χ0v) is 12.4. The van der Waals surface area contributed by atoms with E-state index < -0.39 is 0 Å². The van der Waals surface area contributed by atoms with E-state index in [2.05, 4.69) is 16.0 Å². The minimum Gasteiger partial charge on any atom is -0.459 e. The third-order valence-corrected chi connectivity index (χ3v) is 3.50. The molecule has 0 unspecified atom stereocenters. The SMILES string of the molecule is O=C(CNC(=O)c1cccs1)NCCNC(=O)c1ccco1. The van der Waals surface area contributed by atoms with Crippen molar-refractivity contribution in [1.29, 1.82) is 0 Å². The number of thiophene rings is 1. The number of nitrogens with one attached hydrogen (secondary N) is 3. The molecule has 3 amide bonds. The molecule has 2 aromatic rings. The third-order valence-electron chi connectivity index (χ3n) is 2.63. The Bertz CT molecular complexity index is 623. The van der Waals surface area contributed by atoms with E-state index in [1.807, 2.05) is 0 Å². The van der Waals surface area contributed by atoms with Crippen LogP contribution in [0.3, 0.4) is 0 Å². The Kier molecular flexibility index (Phi) is 5.73. The number of amides is 3. The number of furan rings is 1. The first-order valence-electron chi connectivity index (χ1n) is 6.57. The number of rotatable bonds is 7. The second-order valence-corrected chi connectivity index (χ2v) is 5.19. The summed E-state index contributed by atoms with van der Waals surface area (Å²) in [5.74, 6) is -0.729. The highest BCUT2D eigenvalue weighted by Gasteiger charge is 2.09. The van der Waals surface area contributed by atoms with Gasteiger partial charge >= 0.3 is 0 Å². The molecule has 8 heteroatoms. The van der Waals surface area contributed by atoms with Crippen LogP contribution in [-0.4, -0.2) is 37.4 Å². The van der Waals surface area contributed by atoms with E-state index in [9.17, 15) is 14.4 Å². The fourth-order valence-corrected chi connectivity index (χ4v) is 2.23. The molecule has 116 valence electrons. The monoisotopic (exact) mass is 321 g/mol. The maximum absolute atomic E-state index is 11.6. The van der Waals surface area contributed by atoms with Crippen LogP contribution in [0.25, 0.3) is 0 Å². The van der Waals surface area contributed by atoms with Crippen molar-refractivity contribution in [2.75, 3.05) is 19.6 Å². The summed E-state index contributed by atoms with van der Waals surface area (Å²) < 4.78 is 4.93. The van der Waals surface area contributed by atoms with E-state index in [4.69, 9.17) is 4.42 Å². The average Bonchev–Trinajstić information content (AvgIpc) is 3.21. The fourth-order valence-electron chi connectivity index (χ4n) is 1.59. The number of hydrogen-bond donors (Lipinski definition) is 3. The Balaban J connectivity index is 1.58. The number of carbonyl (C=O) groups is 3. The quantitative estimate of drug-likeness (QED) is 0.651. The standard InChI is InChI=1S/C14H15N3O4S/c18-12(9-17-14(20)11-4-2-8-22-11)15-5-6-16-13(19)10-3-1-7-21-10/h1-4,7-8H,5-6,9H2,(H,15,18)(H,16,19)(H,17,20). The van der Waals surface area contributed by atoms with Gasteiger partial charge in [0.2, 0.25) is 5.91 Å². The molecule has 2 heterocycles. The van der Waals surface area contributed by atoms with E-state index in [1.54, 1.807) is 29.6 Å². The minimum absolute atomic E-state index is 0.108. The molecular formula is C14H15N3O4S. The molecule has 0 aliphatic rings. The maximum atomic E-state index is 11.6. The highest BCUT2D eigenvalue weighted by molar-refractivity contribution is 7.12. The summed E-state index contributed by atoms with van der Waals surface area (Å²) in [6.07, 6.45) is 1.41. The summed E-state index contributed by atoms with van der Waals surface area (Å²) in [7, 11) is 0. The van der Waals surface area contributed by atoms with E-state index in [1.165, 1.54) is 17.6 Å². The predicted molar refractivity (Wildman–Crippen MR) is 80.7 cm³/mol. The van der Waals surface area contributed by atoms with Gasteiger partial charge in [-0.3, -0.25) is 14.4 Å². The molecule has 0 bridgehead atoms. The van der Waals surface area contributed by atoms with E-state index in [-0.39, 0.29) is 43.1 Å². The first kappa shape index (κ1) is 15.8. The van der Waals surface area contributed by atoms with Gasteiger partial charge in [-0.1, -0.05) is 6.07 Å². The lowest BCUT2D eigenvalue weighted by Gasteiger charge is -2.07. The lowest BCUT2D eigenvalue weighted by molar-refractivity contribution is -0.120. The molecule has 0 saturated carbocycles. The fraction of sp³-hybridized carbons (Fsp3) is 0.214. The summed E-state index contributed by atoms with van der Waals surface area (Å²) >= 11 is 1.31. The van der Waals surface area contributed by atoms with Crippen molar-refractivity contribution in [1.82, 2.24) is 16.0 Å². The van der Waals surface area contributed by atoms with Gasteiger partial charge in [0.1, 0.15) is 0 Å². The zero-order valence-electron chi connectivity index (χ0n) is 11.6.